The third-order valence-corrected chi connectivity index (χ3v) is 9.90. The van der Waals surface area contributed by atoms with Crippen LogP contribution < -0.4 is 10.4 Å². The van der Waals surface area contributed by atoms with Gasteiger partial charge in [0.1, 0.15) is 11.2 Å². The van der Waals surface area contributed by atoms with Gasteiger partial charge in [0.15, 0.2) is 0 Å². The third-order valence-electron chi connectivity index (χ3n) is 9.90. The number of fused-ring (bicyclic) bond motifs is 7. The van der Waals surface area contributed by atoms with Gasteiger partial charge in [-0.3, -0.25) is 0 Å². The fraction of sp³-hybridized carbons (Fsp3) is 0.0385. The molecule has 1 aromatic heterocycles. The van der Waals surface area contributed by atoms with E-state index in [-0.39, 0.29) is 21.6 Å². The maximum Gasteiger partial charge on any atom is 0.143 e. The maximum atomic E-state index is 9.67. The van der Waals surface area contributed by atoms with E-state index in [2.05, 4.69) is 0 Å². The van der Waals surface area contributed by atoms with Crippen molar-refractivity contribution in [3.8, 4) is 22.3 Å². The molecule has 0 bridgehead atoms. The molecule has 2 atom stereocenters. The van der Waals surface area contributed by atoms with Crippen LogP contribution in [-0.2, 0) is 0 Å². The second-order valence-corrected chi connectivity index (χ2v) is 12.7. The Kier molecular flexibility index (Phi) is 3.77. The fourth-order valence-corrected chi connectivity index (χ4v) is 7.59. The summed E-state index contributed by atoms with van der Waals surface area (Å²) in [5.74, 6) is -1.49. The summed E-state index contributed by atoms with van der Waals surface area (Å²) in [4.78, 5) is 0. The van der Waals surface area contributed by atoms with Crippen LogP contribution in [0.15, 0.2) is 198 Å². The van der Waals surface area contributed by atoms with E-state index in [0.717, 1.165) is 21.9 Å². The van der Waals surface area contributed by atoms with E-state index in [1.54, 1.807) is 18.2 Å². The lowest BCUT2D eigenvalue weighted by Crippen LogP contribution is -2.37. The van der Waals surface area contributed by atoms with Crippen molar-refractivity contribution in [2.24, 2.45) is 5.92 Å². The predicted molar refractivity (Wildman–Crippen MR) is 222 cm³/mol. The number of rotatable bonds is 4. The van der Waals surface area contributed by atoms with Crippen molar-refractivity contribution in [2.75, 3.05) is 0 Å². The minimum absolute atomic E-state index is 0.0933. The lowest BCUT2D eigenvalue weighted by molar-refractivity contribution is 0.670. The summed E-state index contributed by atoms with van der Waals surface area (Å²) in [5.41, 5.74) is 0.606. The van der Waals surface area contributed by atoms with Crippen LogP contribution in [0.2, 0.25) is 0 Å². The Morgan fingerprint density at radius 3 is 2.09 bits per heavy atom. The number of para-hydroxylation sites is 2. The molecule has 1 nitrogen and oxygen atoms in total. The van der Waals surface area contributed by atoms with E-state index >= 15 is 0 Å². The normalized spacial score (nSPS) is 22.2. The Balaban J connectivity index is 1.29. The molecule has 11 rings (SSSR count). The number of benzene rings is 8. The van der Waals surface area contributed by atoms with Crippen LogP contribution >= 0.6 is 0 Å². The summed E-state index contributed by atoms with van der Waals surface area (Å²) < 4.78 is 179. The second-order valence-electron chi connectivity index (χ2n) is 12.7. The molecule has 2 aliphatic rings. The SMILES string of the molecule is [2H]C1=C([2H])C([2H])C2C(=C1[2H])C(c1c([2H])c([2H])c(-c3c([2H])c([2H])c4c([2H])c([2H])c([2H])c([2H])c4c3[2H])c([2H])c1[2H])=c1c([2H])c([2H])c([2H])c([2H])c1=C2c1ccc(-c2cccc3c2oc2ccccc23)c2ccccc12. The van der Waals surface area contributed by atoms with Crippen LogP contribution in [0.1, 0.15) is 43.6 Å². The number of hydrogen-bond acceptors (Lipinski definition) is 1. The minimum Gasteiger partial charge on any atom is -0.455 e. The average Bonchev–Trinajstić information content (AvgIpc) is 3.77. The fourth-order valence-electron chi connectivity index (χ4n) is 7.59. The Hall–Kier alpha value is -6.70. The molecular formula is C52H34O. The Bertz CT molecular complexity index is 4200. The monoisotopic (exact) mass is 693 g/mol. The molecule has 0 spiro atoms. The second kappa shape index (κ2) is 11.9. The highest BCUT2D eigenvalue weighted by molar-refractivity contribution is 6.13. The first-order chi connectivity index (χ1) is 34.2. The van der Waals surface area contributed by atoms with Gasteiger partial charge in [-0.15, -0.1) is 0 Å². The molecule has 0 saturated heterocycles. The van der Waals surface area contributed by atoms with E-state index in [9.17, 15) is 11.0 Å². The molecule has 0 aliphatic heterocycles. The van der Waals surface area contributed by atoms with Crippen LogP contribution in [-0.4, -0.2) is 0 Å². The first kappa shape index (κ1) is 16.8. The molecule has 0 saturated carbocycles. The molecule has 2 aliphatic carbocycles. The van der Waals surface area contributed by atoms with Gasteiger partial charge in [0.25, 0.3) is 0 Å². The average molecular weight is 694 g/mol. The highest BCUT2D eigenvalue weighted by atomic mass is 16.3. The Morgan fingerprint density at radius 2 is 1.23 bits per heavy atom. The van der Waals surface area contributed by atoms with Crippen molar-refractivity contribution in [1.29, 1.82) is 0 Å². The maximum absolute atomic E-state index is 9.67. The van der Waals surface area contributed by atoms with Crippen LogP contribution in [0.5, 0.6) is 0 Å². The van der Waals surface area contributed by atoms with E-state index in [1.165, 1.54) is 0 Å². The molecule has 0 radical (unpaired) electrons. The van der Waals surface area contributed by atoms with E-state index in [0.29, 0.717) is 27.5 Å². The number of furan rings is 1. The number of allylic oxidation sites excluding steroid dienone is 4. The van der Waals surface area contributed by atoms with Gasteiger partial charge in [-0.2, -0.15) is 0 Å². The summed E-state index contributed by atoms with van der Waals surface area (Å²) in [6.07, 6.45) is -1.72. The topological polar surface area (TPSA) is 13.1 Å². The minimum atomic E-state index is -1.72. The van der Waals surface area contributed by atoms with Crippen molar-refractivity contribution < 1.29 is 30.5 Å². The number of hydrogen-bond donors (Lipinski definition) is 0. The molecule has 2 unspecified atom stereocenters. The van der Waals surface area contributed by atoms with Crippen molar-refractivity contribution in [3.63, 3.8) is 0 Å². The molecule has 8 aromatic carbocycles. The summed E-state index contributed by atoms with van der Waals surface area (Å²) in [5, 5.41) is 1.51. The predicted octanol–water partition coefficient (Wildman–Crippen LogP) is 12.1. The quantitative estimate of drug-likeness (QED) is 0.179. The summed E-state index contributed by atoms with van der Waals surface area (Å²) in [6, 6.07) is 10.7. The van der Waals surface area contributed by atoms with Gasteiger partial charge in [-0.1, -0.05) is 176 Å². The smallest absolute Gasteiger partial charge is 0.143 e. The van der Waals surface area contributed by atoms with Gasteiger partial charge in [-0.25, -0.2) is 0 Å². The van der Waals surface area contributed by atoms with Crippen molar-refractivity contribution >= 4 is 54.6 Å². The Morgan fingerprint density at radius 1 is 0.547 bits per heavy atom. The van der Waals surface area contributed by atoms with Gasteiger partial charge in [0.2, 0.25) is 0 Å². The van der Waals surface area contributed by atoms with Crippen LogP contribution in [0.4, 0.5) is 0 Å². The van der Waals surface area contributed by atoms with Crippen LogP contribution in [0, 0.1) is 5.92 Å². The molecule has 9 aromatic rings. The van der Waals surface area contributed by atoms with Gasteiger partial charge < -0.3 is 4.42 Å². The first-order valence-corrected chi connectivity index (χ1v) is 16.9. The highest BCUT2D eigenvalue weighted by Gasteiger charge is 2.30. The van der Waals surface area contributed by atoms with Gasteiger partial charge in [0.05, 0.1) is 24.7 Å². The highest BCUT2D eigenvalue weighted by Crippen LogP contribution is 2.45. The summed E-state index contributed by atoms with van der Waals surface area (Å²) >= 11 is 0. The van der Waals surface area contributed by atoms with Gasteiger partial charge in [-0.05, 0) is 95.0 Å². The zero-order valence-corrected chi connectivity index (χ0v) is 27.6. The molecule has 53 heavy (non-hydrogen) atoms. The van der Waals surface area contributed by atoms with Crippen molar-refractivity contribution in [3.05, 3.63) is 215 Å². The van der Waals surface area contributed by atoms with Gasteiger partial charge in [0, 0.05) is 23.6 Å². The first-order valence-electron chi connectivity index (χ1n) is 26.5. The zero-order chi connectivity index (χ0) is 51.4. The van der Waals surface area contributed by atoms with E-state index < -0.39 is 154 Å². The zero-order valence-electron chi connectivity index (χ0n) is 46.6. The lowest BCUT2D eigenvalue weighted by atomic mass is 9.71. The Labute approximate surface area is 334 Å². The standard InChI is InChI=1S/C52H34O/c1-2-13-36-32-37(29-26-33(36)12-1)34-24-27-35(28-25-34)50-42-17-5-7-19-44(42)51(45-20-8-6-18-43(45)50)46-31-30-40(38-14-3-4-15-39(38)46)47-21-11-22-48-41-16-9-10-23-49(41)53-52(47)48/h1-19,21-32,45H,20H2/i1D,2D,5D,6D,7D,8D,12D,13D,17D,18D,19D,20D,24D,25D,26D,27D,28D,29D,32D. The van der Waals surface area contributed by atoms with Gasteiger partial charge >= 0.3 is 0 Å². The van der Waals surface area contributed by atoms with E-state index in [1.807, 2.05) is 60.7 Å². The molecule has 0 amide bonds. The van der Waals surface area contributed by atoms with E-state index in [4.69, 9.17) is 19.5 Å². The molecular weight excluding hydrogens is 641 g/mol. The molecule has 248 valence electrons. The molecule has 0 N–H and O–H groups in total. The van der Waals surface area contributed by atoms with Crippen molar-refractivity contribution in [2.45, 2.75) is 6.40 Å². The lowest BCUT2D eigenvalue weighted by Gasteiger charge is -2.32. The van der Waals surface area contributed by atoms with Crippen LogP contribution in [0.3, 0.4) is 0 Å². The van der Waals surface area contributed by atoms with Crippen LogP contribution in [0.25, 0.3) is 76.9 Å². The molecule has 1 heteroatoms. The summed E-state index contributed by atoms with van der Waals surface area (Å²) in [6.45, 7) is 0. The third kappa shape index (κ3) is 4.71. The summed E-state index contributed by atoms with van der Waals surface area (Å²) in [7, 11) is 0. The largest absolute Gasteiger partial charge is 0.455 e. The molecule has 1 heterocycles. The van der Waals surface area contributed by atoms with Crippen molar-refractivity contribution in [1.82, 2.24) is 0 Å². The molecule has 0 fully saturated rings.